The van der Waals surface area contributed by atoms with E-state index in [9.17, 15) is 10.1 Å². The van der Waals surface area contributed by atoms with E-state index in [0.717, 1.165) is 17.0 Å². The van der Waals surface area contributed by atoms with Crippen LogP contribution >= 0.6 is 0 Å². The number of hydrogen-bond donors (Lipinski definition) is 0. The van der Waals surface area contributed by atoms with Crippen LogP contribution in [0.1, 0.15) is 42.7 Å². The molecule has 1 heterocycles. The second-order valence-corrected chi connectivity index (χ2v) is 7.58. The van der Waals surface area contributed by atoms with Crippen molar-refractivity contribution < 1.29 is 9.53 Å². The number of carbonyl (C=O) groups excluding carboxylic acids is 1. The number of amides is 1. The first-order valence-corrected chi connectivity index (χ1v) is 8.55. The molecule has 0 saturated carbocycles. The maximum absolute atomic E-state index is 12.9. The van der Waals surface area contributed by atoms with Crippen LogP contribution in [-0.2, 0) is 0 Å². The van der Waals surface area contributed by atoms with Gasteiger partial charge in [-0.15, -0.1) is 0 Å². The van der Waals surface area contributed by atoms with Gasteiger partial charge in [0, 0.05) is 36.6 Å². The molecule has 2 aromatic rings. The fourth-order valence-corrected chi connectivity index (χ4v) is 3.06. The molecule has 0 fully saturated rings. The van der Waals surface area contributed by atoms with Gasteiger partial charge >= 0.3 is 0 Å². The van der Waals surface area contributed by atoms with E-state index >= 15 is 0 Å². The molecule has 0 N–H and O–H groups in total. The van der Waals surface area contributed by atoms with Gasteiger partial charge in [-0.2, -0.15) is 5.26 Å². The van der Waals surface area contributed by atoms with Gasteiger partial charge in [0.1, 0.15) is 11.4 Å². The number of hydrogen-bond acceptors (Lipinski definition) is 4. The summed E-state index contributed by atoms with van der Waals surface area (Å²) in [6.45, 7) is 5.95. The Kier molecular flexibility index (Phi) is 4.37. The Labute approximate surface area is 154 Å². The zero-order valence-corrected chi connectivity index (χ0v) is 15.8. The molecule has 26 heavy (non-hydrogen) atoms. The minimum atomic E-state index is -0.633. The zero-order chi connectivity index (χ0) is 19.1. The Bertz CT molecular complexity index is 874. The van der Waals surface area contributed by atoms with Crippen molar-refractivity contribution in [3.8, 4) is 11.8 Å². The molecule has 1 aliphatic heterocycles. The lowest BCUT2D eigenvalue weighted by Gasteiger charge is -2.23. The maximum atomic E-state index is 12.9. The van der Waals surface area contributed by atoms with Crippen LogP contribution in [0.25, 0.3) is 0 Å². The summed E-state index contributed by atoms with van der Waals surface area (Å²) in [6, 6.07) is 14.6. The van der Waals surface area contributed by atoms with Crippen LogP contribution in [0.4, 0.5) is 11.4 Å². The zero-order valence-electron chi connectivity index (χ0n) is 15.8. The highest BCUT2D eigenvalue weighted by Crippen LogP contribution is 2.39. The number of carbonyl (C=O) groups is 1. The monoisotopic (exact) mass is 349 g/mol. The van der Waals surface area contributed by atoms with E-state index in [1.807, 2.05) is 76.2 Å². The number of rotatable bonds is 3. The number of fused-ring (bicyclic) bond motifs is 1. The highest BCUT2D eigenvalue weighted by atomic mass is 16.5. The van der Waals surface area contributed by atoms with Crippen molar-refractivity contribution in [2.45, 2.75) is 32.4 Å². The predicted octanol–water partition coefficient (Wildman–Crippen LogP) is 4.15. The summed E-state index contributed by atoms with van der Waals surface area (Å²) in [6.07, 6.45) is 0. The molecule has 0 aliphatic carbocycles. The molecule has 134 valence electrons. The van der Waals surface area contributed by atoms with Gasteiger partial charge < -0.3 is 9.64 Å². The van der Waals surface area contributed by atoms with Crippen LogP contribution in [0.3, 0.4) is 0 Å². The molecule has 1 unspecified atom stereocenters. The minimum absolute atomic E-state index is 0.152. The van der Waals surface area contributed by atoms with Gasteiger partial charge in [-0.05, 0) is 63.2 Å². The number of benzene rings is 2. The fraction of sp³-hybridized carbons (Fsp3) is 0.333. The molecular formula is C21H23N3O2. The predicted molar refractivity (Wildman–Crippen MR) is 103 cm³/mol. The van der Waals surface area contributed by atoms with Gasteiger partial charge in [-0.1, -0.05) is 0 Å². The largest absolute Gasteiger partial charge is 0.488 e. The molecule has 0 aromatic heterocycles. The van der Waals surface area contributed by atoms with Crippen LogP contribution in [0.15, 0.2) is 42.5 Å². The van der Waals surface area contributed by atoms with Crippen molar-refractivity contribution in [2.75, 3.05) is 23.9 Å². The molecule has 0 bridgehead atoms. The summed E-state index contributed by atoms with van der Waals surface area (Å²) in [5, 5.41) is 9.72. The third kappa shape index (κ3) is 3.23. The maximum Gasteiger partial charge on any atom is 0.260 e. The third-order valence-corrected chi connectivity index (χ3v) is 4.21. The number of anilines is 2. The molecule has 1 amide bonds. The Morgan fingerprint density at radius 3 is 2.31 bits per heavy atom. The molecule has 0 radical (unpaired) electrons. The van der Waals surface area contributed by atoms with Crippen molar-refractivity contribution in [3.63, 3.8) is 0 Å². The third-order valence-electron chi connectivity index (χ3n) is 4.21. The van der Waals surface area contributed by atoms with Gasteiger partial charge in [-0.25, -0.2) is 0 Å². The van der Waals surface area contributed by atoms with Gasteiger partial charge in [0.25, 0.3) is 5.91 Å². The molecule has 5 heteroatoms. The van der Waals surface area contributed by atoms with Crippen LogP contribution in [-0.4, -0.2) is 25.6 Å². The number of nitriles is 1. The quantitative estimate of drug-likeness (QED) is 0.835. The van der Waals surface area contributed by atoms with E-state index in [1.165, 1.54) is 0 Å². The number of nitrogens with zero attached hydrogens (tertiary/aromatic N) is 3. The lowest BCUT2D eigenvalue weighted by atomic mass is 10.0. The van der Waals surface area contributed by atoms with Crippen LogP contribution in [0, 0.1) is 11.3 Å². The fourth-order valence-electron chi connectivity index (χ4n) is 3.06. The molecule has 3 rings (SSSR count). The summed E-state index contributed by atoms with van der Waals surface area (Å²) in [5.41, 5.74) is 2.69. The van der Waals surface area contributed by atoms with Gasteiger partial charge in [0.05, 0.1) is 6.07 Å². The average molecular weight is 349 g/mol. The second kappa shape index (κ2) is 6.38. The SMILES string of the molecule is CN(C)c1ccc2c(c1)C(C#N)N(c1ccc(OC(C)(C)C)cc1)C2=O. The molecule has 2 aromatic carbocycles. The Balaban J connectivity index is 1.96. The first kappa shape index (κ1) is 17.8. The Morgan fingerprint density at radius 2 is 1.77 bits per heavy atom. The van der Waals surface area contributed by atoms with E-state index < -0.39 is 6.04 Å². The normalized spacial score (nSPS) is 16.2. The first-order chi connectivity index (χ1) is 12.2. The Morgan fingerprint density at radius 1 is 1.12 bits per heavy atom. The highest BCUT2D eigenvalue weighted by Gasteiger charge is 2.38. The molecule has 0 spiro atoms. The van der Waals surface area contributed by atoms with E-state index in [-0.39, 0.29) is 11.5 Å². The summed E-state index contributed by atoms with van der Waals surface area (Å²) in [5.74, 6) is 0.579. The van der Waals surface area contributed by atoms with Crippen molar-refractivity contribution >= 4 is 17.3 Å². The minimum Gasteiger partial charge on any atom is -0.488 e. The highest BCUT2D eigenvalue weighted by molar-refractivity contribution is 6.11. The van der Waals surface area contributed by atoms with Crippen LogP contribution in [0.2, 0.25) is 0 Å². The van der Waals surface area contributed by atoms with Gasteiger partial charge in [0.15, 0.2) is 6.04 Å². The number of ether oxygens (including phenoxy) is 1. The standard InChI is InChI=1S/C21H23N3O2/c1-21(2,3)26-16-9-6-14(7-10-16)24-19(13-22)18-12-15(23(4)5)8-11-17(18)20(24)25/h6-12,19H,1-5H3. The van der Waals surface area contributed by atoms with Gasteiger partial charge in [-0.3, -0.25) is 9.69 Å². The smallest absolute Gasteiger partial charge is 0.260 e. The van der Waals surface area contributed by atoms with Crippen molar-refractivity contribution in [2.24, 2.45) is 0 Å². The lowest BCUT2D eigenvalue weighted by Crippen LogP contribution is -2.27. The Hall–Kier alpha value is -3.00. The first-order valence-electron chi connectivity index (χ1n) is 8.55. The van der Waals surface area contributed by atoms with E-state index in [2.05, 4.69) is 6.07 Å². The van der Waals surface area contributed by atoms with Crippen molar-refractivity contribution in [1.29, 1.82) is 5.26 Å². The summed E-state index contributed by atoms with van der Waals surface area (Å²) in [4.78, 5) is 16.4. The molecule has 5 nitrogen and oxygen atoms in total. The van der Waals surface area contributed by atoms with Gasteiger partial charge in [0.2, 0.25) is 0 Å². The van der Waals surface area contributed by atoms with Crippen molar-refractivity contribution in [3.05, 3.63) is 53.6 Å². The molecule has 0 saturated heterocycles. The molecule has 1 atom stereocenters. The molecular weight excluding hydrogens is 326 g/mol. The second-order valence-electron chi connectivity index (χ2n) is 7.58. The average Bonchev–Trinajstić information content (AvgIpc) is 2.85. The van der Waals surface area contributed by atoms with E-state index in [0.29, 0.717) is 11.3 Å². The lowest BCUT2D eigenvalue weighted by molar-refractivity contribution is 0.0994. The summed E-state index contributed by atoms with van der Waals surface area (Å²) >= 11 is 0. The van der Waals surface area contributed by atoms with Crippen LogP contribution in [0.5, 0.6) is 5.75 Å². The molecule has 1 aliphatic rings. The van der Waals surface area contributed by atoms with Crippen LogP contribution < -0.4 is 14.5 Å². The van der Waals surface area contributed by atoms with E-state index in [4.69, 9.17) is 4.74 Å². The van der Waals surface area contributed by atoms with E-state index in [1.54, 1.807) is 11.0 Å². The van der Waals surface area contributed by atoms with Crippen molar-refractivity contribution in [1.82, 2.24) is 0 Å². The topological polar surface area (TPSA) is 56.6 Å². The summed E-state index contributed by atoms with van der Waals surface area (Å²) < 4.78 is 5.83. The summed E-state index contributed by atoms with van der Waals surface area (Å²) in [7, 11) is 3.87.